The molecule has 1 aromatic carbocycles. The van der Waals surface area contributed by atoms with Crippen molar-refractivity contribution in [3.8, 4) is 5.69 Å². The van der Waals surface area contributed by atoms with Gasteiger partial charge in [0.1, 0.15) is 32.7 Å². The number of hydrogen-bond acceptors (Lipinski definition) is 7. The van der Waals surface area contributed by atoms with Crippen molar-refractivity contribution in [3.63, 3.8) is 0 Å². The third kappa shape index (κ3) is 3.01. The van der Waals surface area contributed by atoms with Gasteiger partial charge in [0.2, 0.25) is 0 Å². The van der Waals surface area contributed by atoms with Gasteiger partial charge in [0.25, 0.3) is 5.56 Å². The SMILES string of the molecule is CC(Sc1ncnc2[nH]cnc12)c1nc2c(c(Br)nn2C)c(=O)n1-c1ccccc1. The first kappa shape index (κ1) is 18.9. The minimum atomic E-state index is -0.203. The van der Waals surface area contributed by atoms with Gasteiger partial charge in [0, 0.05) is 7.05 Å². The summed E-state index contributed by atoms with van der Waals surface area (Å²) in [5, 5.41) is 5.28. The number of H-pyrrole nitrogens is 1. The van der Waals surface area contributed by atoms with Gasteiger partial charge in [0.15, 0.2) is 11.3 Å². The fourth-order valence-electron chi connectivity index (χ4n) is 3.32. The maximum Gasteiger partial charge on any atom is 0.270 e. The first-order valence-electron chi connectivity index (χ1n) is 9.06. The van der Waals surface area contributed by atoms with Crippen LogP contribution in [0.25, 0.3) is 27.9 Å². The van der Waals surface area contributed by atoms with Crippen LogP contribution in [0.5, 0.6) is 0 Å². The minimum absolute atomic E-state index is 0.179. The molecule has 1 N–H and O–H groups in total. The highest BCUT2D eigenvalue weighted by molar-refractivity contribution is 9.10. The number of aromatic nitrogens is 8. The Kier molecular flexibility index (Phi) is 4.63. The topological polar surface area (TPSA) is 107 Å². The summed E-state index contributed by atoms with van der Waals surface area (Å²) in [7, 11) is 1.77. The Labute approximate surface area is 182 Å². The highest BCUT2D eigenvalue weighted by Crippen LogP contribution is 2.36. The molecule has 0 amide bonds. The van der Waals surface area contributed by atoms with Gasteiger partial charge in [-0.2, -0.15) is 5.10 Å². The molecule has 0 saturated carbocycles. The van der Waals surface area contributed by atoms with Crippen LogP contribution in [0.15, 0.2) is 57.4 Å². The van der Waals surface area contributed by atoms with Crippen LogP contribution in [0.1, 0.15) is 18.0 Å². The fraction of sp³-hybridized carbons (Fsp3) is 0.158. The summed E-state index contributed by atoms with van der Waals surface area (Å²) >= 11 is 4.87. The van der Waals surface area contributed by atoms with Crippen molar-refractivity contribution in [3.05, 3.63) is 63.8 Å². The van der Waals surface area contributed by atoms with E-state index in [0.717, 1.165) is 5.69 Å². The summed E-state index contributed by atoms with van der Waals surface area (Å²) in [5.41, 5.74) is 2.43. The summed E-state index contributed by atoms with van der Waals surface area (Å²) in [6, 6.07) is 9.47. The predicted octanol–water partition coefficient (Wildman–Crippen LogP) is 3.40. The molecule has 30 heavy (non-hydrogen) atoms. The summed E-state index contributed by atoms with van der Waals surface area (Å²) in [6.07, 6.45) is 3.08. The van der Waals surface area contributed by atoms with E-state index in [4.69, 9.17) is 4.98 Å². The maximum atomic E-state index is 13.5. The van der Waals surface area contributed by atoms with Crippen molar-refractivity contribution in [1.29, 1.82) is 0 Å². The van der Waals surface area contributed by atoms with E-state index in [1.54, 1.807) is 22.6 Å². The number of aryl methyl sites for hydroxylation is 1. The van der Waals surface area contributed by atoms with E-state index in [1.807, 2.05) is 37.3 Å². The normalized spacial score (nSPS) is 12.6. The molecule has 0 spiro atoms. The van der Waals surface area contributed by atoms with Crippen molar-refractivity contribution in [1.82, 2.24) is 39.3 Å². The Bertz CT molecular complexity index is 1440. The molecule has 1 atom stereocenters. The van der Waals surface area contributed by atoms with Crippen LogP contribution < -0.4 is 5.56 Å². The number of halogens is 1. The van der Waals surface area contributed by atoms with E-state index in [0.29, 0.717) is 37.7 Å². The van der Waals surface area contributed by atoms with Gasteiger partial charge in [-0.1, -0.05) is 30.0 Å². The number of fused-ring (bicyclic) bond motifs is 2. The van der Waals surface area contributed by atoms with E-state index >= 15 is 0 Å². The summed E-state index contributed by atoms with van der Waals surface area (Å²) in [4.78, 5) is 34.2. The van der Waals surface area contributed by atoms with Crippen LogP contribution in [0.2, 0.25) is 0 Å². The average molecular weight is 483 g/mol. The highest BCUT2D eigenvalue weighted by Gasteiger charge is 2.23. The number of thioether (sulfide) groups is 1. The molecular weight excluding hydrogens is 468 g/mol. The predicted molar refractivity (Wildman–Crippen MR) is 118 cm³/mol. The molecule has 9 nitrogen and oxygen atoms in total. The standard InChI is InChI=1S/C19H15BrN8OS/c1-10(30-18-13-15(22-8-21-13)23-9-24-18)16-25-17-12(14(20)26-27(17)2)19(29)28(16)11-6-4-3-5-7-11/h3-10H,1-2H3,(H,21,22,23,24). The van der Waals surface area contributed by atoms with Gasteiger partial charge in [0.05, 0.1) is 17.3 Å². The van der Waals surface area contributed by atoms with Gasteiger partial charge >= 0.3 is 0 Å². The summed E-state index contributed by atoms with van der Waals surface area (Å²) in [5.74, 6) is 0.599. The molecule has 5 rings (SSSR count). The van der Waals surface area contributed by atoms with Crippen molar-refractivity contribution < 1.29 is 0 Å². The fourth-order valence-corrected chi connectivity index (χ4v) is 4.87. The van der Waals surface area contributed by atoms with Gasteiger partial charge < -0.3 is 4.98 Å². The van der Waals surface area contributed by atoms with Gasteiger partial charge in [-0.3, -0.25) is 9.36 Å². The van der Waals surface area contributed by atoms with Crippen molar-refractivity contribution >= 4 is 49.9 Å². The summed E-state index contributed by atoms with van der Waals surface area (Å²) in [6.45, 7) is 1.99. The van der Waals surface area contributed by atoms with Gasteiger partial charge in [-0.15, -0.1) is 0 Å². The average Bonchev–Trinajstić information content (AvgIpc) is 3.33. The Balaban J connectivity index is 1.72. The van der Waals surface area contributed by atoms with Crippen molar-refractivity contribution in [2.75, 3.05) is 0 Å². The van der Waals surface area contributed by atoms with E-state index in [9.17, 15) is 4.79 Å². The second-order valence-electron chi connectivity index (χ2n) is 6.60. The van der Waals surface area contributed by atoms with E-state index in [2.05, 4.69) is 41.0 Å². The van der Waals surface area contributed by atoms with E-state index in [-0.39, 0.29) is 10.8 Å². The van der Waals surface area contributed by atoms with E-state index in [1.165, 1.54) is 18.1 Å². The molecule has 0 aliphatic heterocycles. The van der Waals surface area contributed by atoms with Crippen LogP contribution >= 0.6 is 27.7 Å². The number of rotatable bonds is 4. The zero-order chi connectivity index (χ0) is 20.8. The Morgan fingerprint density at radius 1 is 1.17 bits per heavy atom. The molecule has 1 unspecified atom stereocenters. The minimum Gasteiger partial charge on any atom is -0.329 e. The molecule has 150 valence electrons. The monoisotopic (exact) mass is 482 g/mol. The van der Waals surface area contributed by atoms with Crippen LogP contribution in [-0.2, 0) is 7.05 Å². The number of benzene rings is 1. The summed E-state index contributed by atoms with van der Waals surface area (Å²) < 4.78 is 3.71. The quantitative estimate of drug-likeness (QED) is 0.308. The van der Waals surface area contributed by atoms with Crippen LogP contribution in [0.4, 0.5) is 0 Å². The molecule has 0 aliphatic carbocycles. The molecule has 0 saturated heterocycles. The largest absolute Gasteiger partial charge is 0.329 e. The molecule has 11 heteroatoms. The Morgan fingerprint density at radius 3 is 2.77 bits per heavy atom. The molecule has 0 radical (unpaired) electrons. The van der Waals surface area contributed by atoms with E-state index < -0.39 is 0 Å². The van der Waals surface area contributed by atoms with Gasteiger partial charge in [-0.25, -0.2) is 24.6 Å². The molecule has 0 aliphatic rings. The number of hydrogen-bond donors (Lipinski definition) is 1. The Morgan fingerprint density at radius 2 is 1.97 bits per heavy atom. The molecule has 4 heterocycles. The smallest absolute Gasteiger partial charge is 0.270 e. The lowest BCUT2D eigenvalue weighted by Crippen LogP contribution is -2.24. The number of imidazole rings is 1. The zero-order valence-electron chi connectivity index (χ0n) is 15.9. The highest BCUT2D eigenvalue weighted by atomic mass is 79.9. The first-order chi connectivity index (χ1) is 14.5. The lowest BCUT2D eigenvalue weighted by molar-refractivity contribution is 0.760. The third-order valence-electron chi connectivity index (χ3n) is 4.69. The van der Waals surface area contributed by atoms with Gasteiger partial charge in [-0.05, 0) is 35.0 Å². The third-order valence-corrected chi connectivity index (χ3v) is 6.33. The van der Waals surface area contributed by atoms with Crippen LogP contribution in [0, 0.1) is 0 Å². The first-order valence-corrected chi connectivity index (χ1v) is 10.7. The second-order valence-corrected chi connectivity index (χ2v) is 8.68. The second kappa shape index (κ2) is 7.33. The molecule has 0 bridgehead atoms. The molecule has 0 fully saturated rings. The molecule has 4 aromatic heterocycles. The van der Waals surface area contributed by atoms with Crippen LogP contribution in [0.3, 0.4) is 0 Å². The van der Waals surface area contributed by atoms with Crippen molar-refractivity contribution in [2.24, 2.45) is 7.05 Å². The number of nitrogens with one attached hydrogen (secondary N) is 1. The van der Waals surface area contributed by atoms with Crippen LogP contribution in [-0.4, -0.2) is 39.3 Å². The molecule has 5 aromatic rings. The lowest BCUT2D eigenvalue weighted by Gasteiger charge is -2.17. The number of nitrogens with zero attached hydrogens (tertiary/aromatic N) is 7. The number of aromatic amines is 1. The zero-order valence-corrected chi connectivity index (χ0v) is 18.3. The number of para-hydroxylation sites is 1. The maximum absolute atomic E-state index is 13.5. The Hall–Kier alpha value is -3.05. The lowest BCUT2D eigenvalue weighted by atomic mass is 10.2. The molecular formula is C19H15BrN8OS. The van der Waals surface area contributed by atoms with Crippen molar-refractivity contribution in [2.45, 2.75) is 17.2 Å².